The Balaban J connectivity index is 0.744. The number of carbonyl (C=O) groups is 5. The van der Waals surface area contributed by atoms with Crippen molar-refractivity contribution >= 4 is 46.1 Å². The summed E-state index contributed by atoms with van der Waals surface area (Å²) in [6.45, 7) is 4.42. The molecule has 5 aliphatic rings. The number of carbonyl (C=O) groups excluding carboxylic acids is 5. The predicted octanol–water partition coefficient (Wildman–Crippen LogP) is 5.30. The van der Waals surface area contributed by atoms with Crippen molar-refractivity contribution in [3.8, 4) is 28.1 Å². The van der Waals surface area contributed by atoms with Crippen molar-refractivity contribution in [2.24, 2.45) is 5.41 Å². The minimum Gasteiger partial charge on any atom is -0.508 e. The summed E-state index contributed by atoms with van der Waals surface area (Å²) < 4.78 is 0. The van der Waals surface area contributed by atoms with E-state index in [1.807, 2.05) is 41.3 Å². The van der Waals surface area contributed by atoms with Crippen LogP contribution in [-0.2, 0) is 27.5 Å². The number of phenols is 1. The fraction of sp³-hybridized carbons (Fsp3) is 0.326. The van der Waals surface area contributed by atoms with Crippen LogP contribution in [0.15, 0.2) is 84.9 Å². The molecule has 0 radical (unpaired) electrons. The number of anilines is 1. The van der Waals surface area contributed by atoms with E-state index in [1.165, 1.54) is 0 Å². The first-order valence-electron chi connectivity index (χ1n) is 20.4. The second-order valence-corrected chi connectivity index (χ2v) is 16.7. The Labute approximate surface area is 340 Å². The summed E-state index contributed by atoms with van der Waals surface area (Å²) in [4.78, 5) is 71.7. The Morgan fingerprint density at radius 3 is 2.12 bits per heavy atom. The van der Waals surface area contributed by atoms with Crippen molar-refractivity contribution in [2.75, 3.05) is 37.6 Å². The van der Waals surface area contributed by atoms with E-state index < -0.39 is 29.7 Å². The summed E-state index contributed by atoms with van der Waals surface area (Å²) in [6.07, 6.45) is 4.14. The average Bonchev–Trinajstić information content (AvgIpc) is 3.75. The standard InChI is InChI=1S/C46H43N7O6/c54-32-7-9-34-29(22-32)6-8-33(28-4-2-1-3-5-28)42(34)37-10-12-39(49-48-37)51-18-14-46(15-19-51)16-20-52(21-17-46)41(56)27-50-25-30-23-35-36(24-31(30)26-50)45(59)53(44(35)58)38-11-13-40(55)47-43(38)57/h1-10,12,22-24,38,54H,11,13-21,25-27H2,(H,47,55,57). The SMILES string of the molecule is O=C1CCC(N2C(=O)c3cc4c(cc3C2=O)CN(CC(=O)N2CCC3(CC2)CCN(c2ccc(-c5c(-c6ccccc6)ccc6cc(O)ccc56)nn2)CC3)C4)C(=O)N1. The quantitative estimate of drug-likeness (QED) is 0.217. The molecule has 1 spiro atoms. The van der Waals surface area contributed by atoms with Gasteiger partial charge in [-0.15, -0.1) is 10.2 Å². The number of phenolic OH excluding ortho intramolecular Hbond substituents is 1. The minimum absolute atomic E-state index is 0.0741. The molecule has 1 atom stereocenters. The summed E-state index contributed by atoms with van der Waals surface area (Å²) in [5, 5.41) is 23.8. The van der Waals surface area contributed by atoms with Crippen LogP contribution in [-0.4, -0.2) is 98.3 Å². The molecule has 2 N–H and O–H groups in total. The minimum atomic E-state index is -0.998. The second kappa shape index (κ2) is 14.4. The normalized spacial score (nSPS) is 20.3. The lowest BCUT2D eigenvalue weighted by Crippen LogP contribution is -2.54. The van der Waals surface area contributed by atoms with E-state index in [0.29, 0.717) is 26.2 Å². The van der Waals surface area contributed by atoms with E-state index in [4.69, 9.17) is 10.2 Å². The van der Waals surface area contributed by atoms with Crippen molar-refractivity contribution < 1.29 is 29.1 Å². The Bertz CT molecular complexity index is 2510. The van der Waals surface area contributed by atoms with Crippen LogP contribution < -0.4 is 10.2 Å². The summed E-state index contributed by atoms with van der Waals surface area (Å²) in [5.41, 5.74) is 6.43. The van der Waals surface area contributed by atoms with Crippen LogP contribution in [0, 0.1) is 5.41 Å². The predicted molar refractivity (Wildman–Crippen MR) is 219 cm³/mol. The molecule has 0 bridgehead atoms. The molecule has 0 aliphatic carbocycles. The van der Waals surface area contributed by atoms with Gasteiger partial charge in [0.15, 0.2) is 5.82 Å². The highest BCUT2D eigenvalue weighted by Gasteiger charge is 2.46. The molecule has 13 heteroatoms. The van der Waals surface area contributed by atoms with Gasteiger partial charge < -0.3 is 14.9 Å². The maximum absolute atomic E-state index is 13.6. The molecule has 4 aromatic carbocycles. The zero-order valence-electron chi connectivity index (χ0n) is 32.5. The number of aromatic hydroxyl groups is 1. The largest absolute Gasteiger partial charge is 0.508 e. The van der Waals surface area contributed by atoms with Crippen LogP contribution in [0.5, 0.6) is 5.75 Å². The Morgan fingerprint density at radius 1 is 0.763 bits per heavy atom. The van der Waals surface area contributed by atoms with Crippen molar-refractivity contribution in [3.05, 3.63) is 107 Å². The van der Waals surface area contributed by atoms with E-state index >= 15 is 0 Å². The first kappa shape index (κ1) is 36.8. The summed E-state index contributed by atoms with van der Waals surface area (Å²) in [5.74, 6) is -0.911. The molecule has 3 fully saturated rings. The number of hydrogen-bond acceptors (Lipinski definition) is 10. The first-order chi connectivity index (χ1) is 28.6. The van der Waals surface area contributed by atoms with Crippen molar-refractivity contribution in [1.29, 1.82) is 0 Å². The zero-order valence-corrected chi connectivity index (χ0v) is 32.5. The van der Waals surface area contributed by atoms with Crippen molar-refractivity contribution in [2.45, 2.75) is 57.7 Å². The van der Waals surface area contributed by atoms with Gasteiger partial charge in [-0.05, 0) is 107 Å². The highest BCUT2D eigenvalue weighted by molar-refractivity contribution is 6.23. The third-order valence-corrected chi connectivity index (χ3v) is 13.2. The first-order valence-corrected chi connectivity index (χ1v) is 20.4. The molecule has 298 valence electrons. The molecule has 13 nitrogen and oxygen atoms in total. The van der Waals surface area contributed by atoms with Crippen LogP contribution in [0.4, 0.5) is 5.82 Å². The molecule has 0 saturated carbocycles. The van der Waals surface area contributed by atoms with Crippen molar-refractivity contribution in [3.63, 3.8) is 0 Å². The van der Waals surface area contributed by atoms with E-state index in [-0.39, 0.29) is 47.6 Å². The van der Waals surface area contributed by atoms with Gasteiger partial charge in [0, 0.05) is 51.3 Å². The highest BCUT2D eigenvalue weighted by atomic mass is 16.3. The van der Waals surface area contributed by atoms with Crippen molar-refractivity contribution in [1.82, 2.24) is 30.2 Å². The summed E-state index contributed by atoms with van der Waals surface area (Å²) >= 11 is 0. The van der Waals surface area contributed by atoms with Gasteiger partial charge in [0.2, 0.25) is 17.7 Å². The number of nitrogens with one attached hydrogen (secondary N) is 1. The smallest absolute Gasteiger partial charge is 0.262 e. The molecule has 5 aliphatic heterocycles. The maximum Gasteiger partial charge on any atom is 0.262 e. The summed E-state index contributed by atoms with van der Waals surface area (Å²) in [7, 11) is 0. The third-order valence-electron chi connectivity index (χ3n) is 13.2. The molecule has 3 saturated heterocycles. The summed E-state index contributed by atoms with van der Waals surface area (Å²) in [6, 6.07) is 26.4. The molecule has 10 rings (SSSR count). The Kier molecular flexibility index (Phi) is 9.00. The Morgan fingerprint density at radius 2 is 1.46 bits per heavy atom. The van der Waals surface area contributed by atoms with E-state index in [9.17, 15) is 29.1 Å². The van der Waals surface area contributed by atoms with Gasteiger partial charge in [-0.25, -0.2) is 0 Å². The highest BCUT2D eigenvalue weighted by Crippen LogP contribution is 2.43. The van der Waals surface area contributed by atoms with Gasteiger partial charge >= 0.3 is 0 Å². The van der Waals surface area contributed by atoms with E-state index in [1.54, 1.807) is 24.3 Å². The van der Waals surface area contributed by atoms with Gasteiger partial charge in [-0.2, -0.15) is 0 Å². The van der Waals surface area contributed by atoms with Crippen LogP contribution in [0.3, 0.4) is 0 Å². The number of rotatable bonds is 6. The van der Waals surface area contributed by atoms with Crippen LogP contribution in [0.1, 0.15) is 70.4 Å². The fourth-order valence-electron chi connectivity index (χ4n) is 9.86. The lowest BCUT2D eigenvalue weighted by molar-refractivity contribution is -0.137. The van der Waals surface area contributed by atoms with Crippen LogP contribution >= 0.6 is 0 Å². The monoisotopic (exact) mass is 789 g/mol. The number of likely N-dealkylation sites (tertiary alicyclic amines) is 1. The maximum atomic E-state index is 13.6. The molecular weight excluding hydrogens is 747 g/mol. The number of fused-ring (bicyclic) bond motifs is 3. The number of nitrogens with zero attached hydrogens (tertiary/aromatic N) is 6. The number of hydrogen-bond donors (Lipinski definition) is 2. The van der Waals surface area contributed by atoms with Crippen LogP contribution in [0.2, 0.25) is 0 Å². The molecule has 5 amide bonds. The lowest BCUT2D eigenvalue weighted by atomic mass is 9.71. The van der Waals surface area contributed by atoms with E-state index in [0.717, 1.165) is 93.8 Å². The number of piperidine rings is 3. The molecule has 1 aromatic heterocycles. The number of amides is 5. The van der Waals surface area contributed by atoms with Crippen LogP contribution in [0.25, 0.3) is 33.2 Å². The second-order valence-electron chi connectivity index (χ2n) is 16.7. The Hall–Kier alpha value is -6.47. The molecule has 5 aromatic rings. The van der Waals surface area contributed by atoms with Gasteiger partial charge in [0.25, 0.3) is 11.8 Å². The zero-order chi connectivity index (χ0) is 40.4. The third kappa shape index (κ3) is 6.59. The van der Waals surface area contributed by atoms with Gasteiger partial charge in [-0.1, -0.05) is 48.5 Å². The average molecular weight is 790 g/mol. The van der Waals surface area contributed by atoms with Gasteiger partial charge in [0.1, 0.15) is 11.8 Å². The number of aromatic nitrogens is 2. The topological polar surface area (TPSA) is 156 Å². The lowest BCUT2D eigenvalue weighted by Gasteiger charge is -2.47. The van der Waals surface area contributed by atoms with Gasteiger partial charge in [0.05, 0.1) is 23.4 Å². The molecular formula is C46H43N7O6. The number of imide groups is 2. The van der Waals surface area contributed by atoms with Gasteiger partial charge in [-0.3, -0.25) is 39.1 Å². The molecule has 6 heterocycles. The fourth-order valence-corrected chi connectivity index (χ4v) is 9.86. The molecule has 59 heavy (non-hydrogen) atoms. The van der Waals surface area contributed by atoms with E-state index in [2.05, 4.69) is 39.4 Å². The number of benzene rings is 4. The molecule has 1 unspecified atom stereocenters.